The average molecular weight is 305 g/mol. The van der Waals surface area contributed by atoms with Crippen LogP contribution in [-0.2, 0) is 11.2 Å². The molecule has 1 unspecified atom stereocenters. The lowest BCUT2D eigenvalue weighted by molar-refractivity contribution is -0.174. The van der Waals surface area contributed by atoms with E-state index in [9.17, 15) is 13.2 Å². The van der Waals surface area contributed by atoms with Crippen molar-refractivity contribution in [2.45, 2.75) is 38.4 Å². The lowest BCUT2D eigenvalue weighted by Crippen LogP contribution is -2.21. The number of hydrogen-bond donors (Lipinski definition) is 1. The zero-order valence-electron chi connectivity index (χ0n) is 12.2. The van der Waals surface area contributed by atoms with Crippen LogP contribution in [0.5, 0.6) is 5.75 Å². The van der Waals surface area contributed by atoms with Crippen molar-refractivity contribution in [1.29, 1.82) is 0 Å². The maximum absolute atomic E-state index is 11.9. The molecule has 0 aromatic heterocycles. The van der Waals surface area contributed by atoms with Crippen LogP contribution in [-0.4, -0.2) is 32.0 Å². The Bertz CT molecular complexity index is 410. The lowest BCUT2D eigenvalue weighted by atomic mass is 10.0. The summed E-state index contributed by atoms with van der Waals surface area (Å²) in [5, 5.41) is 0. The molecule has 0 fully saturated rings. The lowest BCUT2D eigenvalue weighted by Gasteiger charge is -2.14. The van der Waals surface area contributed by atoms with Gasteiger partial charge in [-0.15, -0.1) is 0 Å². The van der Waals surface area contributed by atoms with Gasteiger partial charge in [0.25, 0.3) is 0 Å². The van der Waals surface area contributed by atoms with Crippen molar-refractivity contribution >= 4 is 0 Å². The number of nitrogens with two attached hydrogens (primary N) is 1. The standard InChI is InChI=1S/C15H22F3NO2/c1-2-13(19)10-12-6-3-4-7-14(12)21-9-5-8-20-11-15(16,17)18/h3-4,6-7,13H,2,5,8-11,19H2,1H3. The van der Waals surface area contributed by atoms with Crippen LogP contribution in [0, 0.1) is 0 Å². The topological polar surface area (TPSA) is 44.5 Å². The second kappa shape index (κ2) is 8.89. The van der Waals surface area contributed by atoms with Crippen LogP contribution in [0.25, 0.3) is 0 Å². The van der Waals surface area contributed by atoms with Crippen LogP contribution in [0.4, 0.5) is 13.2 Å². The number of ether oxygens (including phenoxy) is 2. The summed E-state index contributed by atoms with van der Waals surface area (Å²) in [5.74, 6) is 0.734. The molecule has 0 bridgehead atoms. The van der Waals surface area contributed by atoms with Gasteiger partial charge in [0.15, 0.2) is 0 Å². The summed E-state index contributed by atoms with van der Waals surface area (Å²) < 4.78 is 45.7. The van der Waals surface area contributed by atoms with E-state index in [0.29, 0.717) is 13.0 Å². The number of hydrogen-bond acceptors (Lipinski definition) is 3. The summed E-state index contributed by atoms with van der Waals surface area (Å²) in [7, 11) is 0. The third-order valence-corrected chi connectivity index (χ3v) is 2.94. The Morgan fingerprint density at radius 3 is 2.57 bits per heavy atom. The molecule has 0 heterocycles. The molecule has 0 aliphatic carbocycles. The Morgan fingerprint density at radius 1 is 1.19 bits per heavy atom. The zero-order chi connectivity index (χ0) is 15.7. The molecule has 1 atom stereocenters. The quantitative estimate of drug-likeness (QED) is 0.712. The molecule has 1 aromatic rings. The summed E-state index contributed by atoms with van der Waals surface area (Å²) in [5.41, 5.74) is 6.94. The van der Waals surface area contributed by atoms with E-state index in [-0.39, 0.29) is 12.6 Å². The van der Waals surface area contributed by atoms with E-state index in [1.165, 1.54) is 0 Å². The maximum atomic E-state index is 11.9. The first-order valence-electron chi connectivity index (χ1n) is 7.03. The Morgan fingerprint density at radius 2 is 1.90 bits per heavy atom. The summed E-state index contributed by atoms with van der Waals surface area (Å²) in [6.07, 6.45) is -2.27. The van der Waals surface area contributed by atoms with E-state index in [1.807, 2.05) is 31.2 Å². The molecule has 1 aromatic carbocycles. The molecular weight excluding hydrogens is 283 g/mol. The first-order chi connectivity index (χ1) is 9.92. The van der Waals surface area contributed by atoms with E-state index in [4.69, 9.17) is 10.5 Å². The molecule has 6 heteroatoms. The predicted octanol–water partition coefficient (Wildman–Crippen LogP) is 3.31. The fraction of sp³-hybridized carbons (Fsp3) is 0.600. The smallest absolute Gasteiger partial charge is 0.411 e. The van der Waals surface area contributed by atoms with Gasteiger partial charge >= 0.3 is 6.18 Å². The Labute approximate surface area is 123 Å². The molecule has 0 radical (unpaired) electrons. The van der Waals surface area contributed by atoms with Gasteiger partial charge in [-0.2, -0.15) is 13.2 Å². The summed E-state index contributed by atoms with van der Waals surface area (Å²) >= 11 is 0. The molecule has 1 rings (SSSR count). The van der Waals surface area contributed by atoms with Crippen molar-refractivity contribution in [3.63, 3.8) is 0 Å². The van der Waals surface area contributed by atoms with Gasteiger partial charge in [0.2, 0.25) is 0 Å². The molecular formula is C15H22F3NO2. The molecule has 0 saturated heterocycles. The third-order valence-electron chi connectivity index (χ3n) is 2.94. The largest absolute Gasteiger partial charge is 0.493 e. The highest BCUT2D eigenvalue weighted by molar-refractivity contribution is 5.33. The van der Waals surface area contributed by atoms with Gasteiger partial charge in [-0.25, -0.2) is 0 Å². The van der Waals surface area contributed by atoms with Gasteiger partial charge in [-0.05, 0) is 24.5 Å². The minimum Gasteiger partial charge on any atom is -0.493 e. The van der Waals surface area contributed by atoms with Crippen molar-refractivity contribution in [1.82, 2.24) is 0 Å². The molecule has 21 heavy (non-hydrogen) atoms. The van der Waals surface area contributed by atoms with Gasteiger partial charge < -0.3 is 15.2 Å². The van der Waals surface area contributed by atoms with Crippen LogP contribution in [0.3, 0.4) is 0 Å². The molecule has 0 aliphatic heterocycles. The van der Waals surface area contributed by atoms with Gasteiger partial charge in [0.05, 0.1) is 13.2 Å². The number of benzene rings is 1. The first kappa shape index (κ1) is 17.8. The number of alkyl halides is 3. The van der Waals surface area contributed by atoms with E-state index >= 15 is 0 Å². The van der Waals surface area contributed by atoms with Crippen LogP contribution >= 0.6 is 0 Å². The summed E-state index contributed by atoms with van der Waals surface area (Å²) in [6.45, 7) is 1.15. The normalized spacial score (nSPS) is 13.2. The highest BCUT2D eigenvalue weighted by Crippen LogP contribution is 2.20. The van der Waals surface area contributed by atoms with Crippen molar-refractivity contribution in [3.05, 3.63) is 29.8 Å². The van der Waals surface area contributed by atoms with E-state index < -0.39 is 12.8 Å². The Hall–Kier alpha value is -1.27. The predicted molar refractivity (Wildman–Crippen MR) is 75.4 cm³/mol. The molecule has 120 valence electrons. The Balaban J connectivity index is 2.32. The monoisotopic (exact) mass is 305 g/mol. The Kier molecular flexibility index (Phi) is 7.53. The van der Waals surface area contributed by atoms with Crippen LogP contribution < -0.4 is 10.5 Å². The van der Waals surface area contributed by atoms with Crippen molar-refractivity contribution in [2.24, 2.45) is 5.73 Å². The van der Waals surface area contributed by atoms with Crippen LogP contribution in [0.15, 0.2) is 24.3 Å². The highest BCUT2D eigenvalue weighted by Gasteiger charge is 2.27. The zero-order valence-corrected chi connectivity index (χ0v) is 12.2. The van der Waals surface area contributed by atoms with Crippen LogP contribution in [0.1, 0.15) is 25.3 Å². The third kappa shape index (κ3) is 7.92. The SMILES string of the molecule is CCC(N)Cc1ccccc1OCCCOCC(F)(F)F. The van der Waals surface area contributed by atoms with Crippen LogP contribution in [0.2, 0.25) is 0 Å². The molecule has 3 nitrogen and oxygen atoms in total. The fourth-order valence-corrected chi connectivity index (χ4v) is 1.77. The van der Waals surface area contributed by atoms with Crippen molar-refractivity contribution < 1.29 is 22.6 Å². The first-order valence-corrected chi connectivity index (χ1v) is 7.03. The molecule has 0 aliphatic rings. The van der Waals surface area contributed by atoms with E-state index in [0.717, 1.165) is 24.2 Å². The van der Waals surface area contributed by atoms with E-state index in [2.05, 4.69) is 4.74 Å². The molecule has 0 spiro atoms. The maximum Gasteiger partial charge on any atom is 0.411 e. The second-order valence-corrected chi connectivity index (χ2v) is 4.85. The molecule has 0 saturated carbocycles. The van der Waals surface area contributed by atoms with Gasteiger partial charge in [-0.3, -0.25) is 0 Å². The summed E-state index contributed by atoms with van der Waals surface area (Å²) in [6, 6.07) is 7.64. The molecule has 2 N–H and O–H groups in total. The summed E-state index contributed by atoms with van der Waals surface area (Å²) in [4.78, 5) is 0. The minimum atomic E-state index is -4.27. The van der Waals surface area contributed by atoms with Gasteiger partial charge in [0.1, 0.15) is 12.4 Å². The highest BCUT2D eigenvalue weighted by atomic mass is 19.4. The minimum absolute atomic E-state index is 0.0240. The van der Waals surface area contributed by atoms with Gasteiger partial charge in [-0.1, -0.05) is 25.1 Å². The number of rotatable bonds is 9. The second-order valence-electron chi connectivity index (χ2n) is 4.85. The number of halogens is 3. The van der Waals surface area contributed by atoms with E-state index in [1.54, 1.807) is 0 Å². The molecule has 0 amide bonds. The fourth-order valence-electron chi connectivity index (χ4n) is 1.77. The number of para-hydroxylation sites is 1. The average Bonchev–Trinajstić information content (AvgIpc) is 2.43. The van der Waals surface area contributed by atoms with Crippen molar-refractivity contribution in [3.8, 4) is 5.75 Å². The van der Waals surface area contributed by atoms with Crippen molar-refractivity contribution in [2.75, 3.05) is 19.8 Å². The van der Waals surface area contributed by atoms with Gasteiger partial charge in [0, 0.05) is 12.5 Å².